The highest BCUT2D eigenvalue weighted by atomic mass is 16.5. The van der Waals surface area contributed by atoms with Gasteiger partial charge in [0.25, 0.3) is 0 Å². The zero-order valence-corrected chi connectivity index (χ0v) is 12.2. The van der Waals surface area contributed by atoms with Gasteiger partial charge in [-0.05, 0) is 30.3 Å². The summed E-state index contributed by atoms with van der Waals surface area (Å²) < 4.78 is 15.0. The fourth-order valence-corrected chi connectivity index (χ4v) is 1.83. The lowest BCUT2D eigenvalue weighted by Crippen LogP contribution is -2.07. The average molecular weight is 301 g/mol. The van der Waals surface area contributed by atoms with E-state index >= 15 is 0 Å². The second kappa shape index (κ2) is 6.62. The zero-order valence-electron chi connectivity index (χ0n) is 12.2. The fraction of sp³-hybridized carbons (Fsp3) is 0.125. The normalized spacial score (nSPS) is 9.91. The number of hydrogen-bond acceptors (Lipinski definition) is 6. The number of carbonyl (C=O) groups is 2. The minimum atomic E-state index is -0.586. The molecule has 0 unspecified atom stereocenters. The maximum absolute atomic E-state index is 11.7. The predicted octanol–water partition coefficient (Wildman–Crippen LogP) is 2.63. The zero-order chi connectivity index (χ0) is 16.1. The van der Waals surface area contributed by atoms with Gasteiger partial charge in [-0.3, -0.25) is 0 Å². The Balaban J connectivity index is 2.44. The van der Waals surface area contributed by atoms with E-state index in [4.69, 9.17) is 10.5 Å². The van der Waals surface area contributed by atoms with Crippen molar-refractivity contribution in [3.8, 4) is 11.5 Å². The number of carbonyl (C=O) groups excluding carboxylic acids is 2. The third-order valence-corrected chi connectivity index (χ3v) is 2.90. The maximum atomic E-state index is 11.7. The summed E-state index contributed by atoms with van der Waals surface area (Å²) in [5.41, 5.74) is 6.60. The molecule has 0 heterocycles. The molecular weight excluding hydrogens is 286 g/mol. The van der Waals surface area contributed by atoms with E-state index in [1.807, 2.05) is 0 Å². The highest BCUT2D eigenvalue weighted by molar-refractivity contribution is 5.96. The largest absolute Gasteiger partial charge is 0.465 e. The van der Waals surface area contributed by atoms with E-state index in [9.17, 15) is 9.59 Å². The molecule has 0 bridgehead atoms. The van der Waals surface area contributed by atoms with Crippen LogP contribution < -0.4 is 10.5 Å². The van der Waals surface area contributed by atoms with Crippen molar-refractivity contribution in [2.75, 3.05) is 20.0 Å². The second-order valence-corrected chi connectivity index (χ2v) is 4.37. The van der Waals surface area contributed by atoms with Crippen molar-refractivity contribution in [1.82, 2.24) is 0 Å². The van der Waals surface area contributed by atoms with Crippen LogP contribution in [0.25, 0.3) is 0 Å². The van der Waals surface area contributed by atoms with Gasteiger partial charge in [-0.1, -0.05) is 12.1 Å². The fourth-order valence-electron chi connectivity index (χ4n) is 1.83. The molecule has 2 N–H and O–H groups in total. The first-order valence-corrected chi connectivity index (χ1v) is 6.39. The number of esters is 2. The minimum absolute atomic E-state index is 0.176. The van der Waals surface area contributed by atoms with E-state index in [1.165, 1.54) is 32.4 Å². The molecule has 0 radical (unpaired) electrons. The topological polar surface area (TPSA) is 87.9 Å². The van der Waals surface area contributed by atoms with Gasteiger partial charge in [0.1, 0.15) is 11.5 Å². The number of hydrogen-bond donors (Lipinski definition) is 1. The first kappa shape index (κ1) is 15.4. The summed E-state index contributed by atoms with van der Waals surface area (Å²) >= 11 is 0. The molecular formula is C16H15NO5. The van der Waals surface area contributed by atoms with Gasteiger partial charge in [-0.15, -0.1) is 0 Å². The standard InChI is InChI=1S/C16H15NO5/c1-20-15(18)10-7-11(16(19)21-2)9-12(8-10)22-14-6-4-3-5-13(14)17/h3-9H,17H2,1-2H3. The van der Waals surface area contributed by atoms with Gasteiger partial charge in [0.2, 0.25) is 0 Å². The van der Waals surface area contributed by atoms with Crippen LogP contribution >= 0.6 is 0 Å². The van der Waals surface area contributed by atoms with Crippen LogP contribution in [0, 0.1) is 0 Å². The molecule has 0 aliphatic heterocycles. The molecule has 0 aliphatic carbocycles. The predicted molar refractivity (Wildman–Crippen MR) is 80.0 cm³/mol. The van der Waals surface area contributed by atoms with Gasteiger partial charge in [0.15, 0.2) is 0 Å². The van der Waals surface area contributed by atoms with Crippen LogP contribution in [0.2, 0.25) is 0 Å². The Bertz CT molecular complexity index is 677. The summed E-state index contributed by atoms with van der Waals surface area (Å²) in [6.45, 7) is 0. The number of benzene rings is 2. The number of methoxy groups -OCH3 is 2. The van der Waals surface area contributed by atoms with Gasteiger partial charge >= 0.3 is 11.9 Å². The first-order valence-electron chi connectivity index (χ1n) is 6.39. The lowest BCUT2D eigenvalue weighted by molar-refractivity contribution is 0.0598. The molecule has 2 rings (SSSR count). The Morgan fingerprint density at radius 1 is 0.909 bits per heavy atom. The van der Waals surface area contributed by atoms with E-state index in [-0.39, 0.29) is 16.9 Å². The van der Waals surface area contributed by atoms with Crippen LogP contribution in [-0.4, -0.2) is 26.2 Å². The smallest absolute Gasteiger partial charge is 0.338 e. The van der Waals surface area contributed by atoms with Crippen LogP contribution in [0.15, 0.2) is 42.5 Å². The summed E-state index contributed by atoms with van der Waals surface area (Å²) in [5.74, 6) is -0.477. The summed E-state index contributed by atoms with van der Waals surface area (Å²) in [5, 5.41) is 0. The van der Waals surface area contributed by atoms with Crippen molar-refractivity contribution in [3.63, 3.8) is 0 Å². The van der Waals surface area contributed by atoms with Crippen LogP contribution in [-0.2, 0) is 9.47 Å². The molecule has 0 fully saturated rings. The van der Waals surface area contributed by atoms with Crippen LogP contribution in [0.1, 0.15) is 20.7 Å². The molecule has 0 amide bonds. The molecule has 0 atom stereocenters. The number of ether oxygens (including phenoxy) is 3. The van der Waals surface area contributed by atoms with E-state index < -0.39 is 11.9 Å². The van der Waals surface area contributed by atoms with E-state index in [1.54, 1.807) is 24.3 Å². The van der Waals surface area contributed by atoms with Crippen LogP contribution in [0.5, 0.6) is 11.5 Å². The molecule has 114 valence electrons. The molecule has 0 aromatic heterocycles. The van der Waals surface area contributed by atoms with Gasteiger partial charge in [-0.2, -0.15) is 0 Å². The molecule has 0 aliphatic rings. The number of nitrogen functional groups attached to an aromatic ring is 1. The highest BCUT2D eigenvalue weighted by Crippen LogP contribution is 2.28. The van der Waals surface area contributed by atoms with Gasteiger partial charge in [0.05, 0.1) is 31.0 Å². The van der Waals surface area contributed by atoms with E-state index in [0.717, 1.165) is 0 Å². The molecule has 0 spiro atoms. The lowest BCUT2D eigenvalue weighted by atomic mass is 10.1. The van der Waals surface area contributed by atoms with Crippen molar-refractivity contribution in [2.45, 2.75) is 0 Å². The quantitative estimate of drug-likeness (QED) is 0.690. The Kier molecular flexibility index (Phi) is 4.63. The number of rotatable bonds is 4. The Morgan fingerprint density at radius 2 is 1.45 bits per heavy atom. The van der Waals surface area contributed by atoms with Crippen LogP contribution in [0.3, 0.4) is 0 Å². The second-order valence-electron chi connectivity index (χ2n) is 4.37. The molecule has 2 aromatic rings. The molecule has 0 saturated carbocycles. The van der Waals surface area contributed by atoms with Crippen molar-refractivity contribution in [1.29, 1.82) is 0 Å². The number of nitrogens with two attached hydrogens (primary N) is 1. The van der Waals surface area contributed by atoms with Gasteiger partial charge in [-0.25, -0.2) is 9.59 Å². The molecule has 6 nitrogen and oxygen atoms in total. The highest BCUT2D eigenvalue weighted by Gasteiger charge is 2.15. The van der Waals surface area contributed by atoms with Gasteiger partial charge in [0, 0.05) is 0 Å². The molecule has 0 saturated heterocycles. The molecule has 22 heavy (non-hydrogen) atoms. The summed E-state index contributed by atoms with van der Waals surface area (Å²) in [7, 11) is 2.51. The SMILES string of the molecule is COC(=O)c1cc(Oc2ccccc2N)cc(C(=O)OC)c1. The Hall–Kier alpha value is -3.02. The van der Waals surface area contributed by atoms with Crippen molar-refractivity contribution in [2.24, 2.45) is 0 Å². The summed E-state index contributed by atoms with van der Waals surface area (Å²) in [4.78, 5) is 23.4. The summed E-state index contributed by atoms with van der Waals surface area (Å²) in [6.07, 6.45) is 0. The van der Waals surface area contributed by atoms with Gasteiger partial charge < -0.3 is 19.9 Å². The Morgan fingerprint density at radius 3 is 1.95 bits per heavy atom. The molecule has 6 heteroatoms. The van der Waals surface area contributed by atoms with Crippen LogP contribution in [0.4, 0.5) is 5.69 Å². The average Bonchev–Trinajstić information content (AvgIpc) is 2.55. The number of para-hydroxylation sites is 2. The maximum Gasteiger partial charge on any atom is 0.338 e. The molecule has 2 aromatic carbocycles. The number of anilines is 1. The van der Waals surface area contributed by atoms with E-state index in [2.05, 4.69) is 9.47 Å². The Labute approximate surface area is 127 Å². The first-order chi connectivity index (χ1) is 10.5. The third kappa shape index (κ3) is 3.35. The summed E-state index contributed by atoms with van der Waals surface area (Å²) in [6, 6.07) is 11.2. The van der Waals surface area contributed by atoms with Crippen molar-refractivity contribution in [3.05, 3.63) is 53.6 Å². The minimum Gasteiger partial charge on any atom is -0.465 e. The van der Waals surface area contributed by atoms with Crippen molar-refractivity contribution < 1.29 is 23.8 Å². The third-order valence-electron chi connectivity index (χ3n) is 2.90. The van der Waals surface area contributed by atoms with E-state index in [0.29, 0.717) is 11.4 Å². The lowest BCUT2D eigenvalue weighted by Gasteiger charge is -2.11. The monoisotopic (exact) mass is 301 g/mol. The van der Waals surface area contributed by atoms with Crippen molar-refractivity contribution >= 4 is 17.6 Å².